The molecule has 0 saturated carbocycles. The molecule has 2 aliphatic rings. The lowest BCUT2D eigenvalue weighted by atomic mass is 10.0. The standard InChI is InChI=1S/C15H12BrN/c16-12-5-6-15-11(7-12)9-13-8-10-3-1-2-4-14(10)17(13)15/h1-7,13H,8-9H2. The van der Waals surface area contributed by atoms with Crippen molar-refractivity contribution in [1.29, 1.82) is 0 Å². The molecular formula is C15H12BrN. The molecule has 4 rings (SSSR count). The molecule has 0 bridgehead atoms. The van der Waals surface area contributed by atoms with Gasteiger partial charge in [-0.2, -0.15) is 0 Å². The Morgan fingerprint density at radius 1 is 0.941 bits per heavy atom. The van der Waals surface area contributed by atoms with Gasteiger partial charge in [0.25, 0.3) is 0 Å². The highest BCUT2D eigenvalue weighted by atomic mass is 79.9. The normalized spacial score (nSPS) is 20.1. The van der Waals surface area contributed by atoms with Gasteiger partial charge in [0.2, 0.25) is 0 Å². The molecule has 2 aromatic rings. The van der Waals surface area contributed by atoms with Gasteiger partial charge in [0, 0.05) is 21.9 Å². The maximum Gasteiger partial charge on any atom is 0.0447 e. The van der Waals surface area contributed by atoms with Gasteiger partial charge in [0.05, 0.1) is 0 Å². The third kappa shape index (κ3) is 1.31. The fourth-order valence-electron chi connectivity index (χ4n) is 3.16. The molecule has 2 aromatic carbocycles. The molecule has 2 heterocycles. The van der Waals surface area contributed by atoms with Crippen LogP contribution in [0.15, 0.2) is 46.9 Å². The van der Waals surface area contributed by atoms with Gasteiger partial charge in [-0.05, 0) is 48.2 Å². The molecule has 0 amide bonds. The van der Waals surface area contributed by atoms with Crippen molar-refractivity contribution in [1.82, 2.24) is 0 Å². The molecule has 2 aliphatic heterocycles. The number of fused-ring (bicyclic) bond motifs is 5. The molecule has 17 heavy (non-hydrogen) atoms. The molecule has 0 aromatic heterocycles. The van der Waals surface area contributed by atoms with Crippen LogP contribution in [-0.4, -0.2) is 6.04 Å². The van der Waals surface area contributed by atoms with Crippen LogP contribution in [0, 0.1) is 0 Å². The molecule has 84 valence electrons. The largest absolute Gasteiger partial charge is 0.337 e. The predicted octanol–water partition coefficient (Wildman–Crippen LogP) is 4.07. The predicted molar refractivity (Wildman–Crippen MR) is 73.9 cm³/mol. The first-order valence-electron chi connectivity index (χ1n) is 5.98. The summed E-state index contributed by atoms with van der Waals surface area (Å²) in [6, 6.07) is 16.1. The lowest BCUT2D eigenvalue weighted by molar-refractivity contribution is 0.725. The zero-order valence-corrected chi connectivity index (χ0v) is 10.9. The van der Waals surface area contributed by atoms with Crippen molar-refractivity contribution in [2.24, 2.45) is 0 Å². The lowest BCUT2D eigenvalue weighted by Gasteiger charge is -2.20. The first-order chi connectivity index (χ1) is 8.33. The summed E-state index contributed by atoms with van der Waals surface area (Å²) in [5, 5.41) is 0. The van der Waals surface area contributed by atoms with E-state index in [0.29, 0.717) is 6.04 Å². The summed E-state index contributed by atoms with van der Waals surface area (Å²) >= 11 is 3.56. The highest BCUT2D eigenvalue weighted by Gasteiger charge is 2.36. The van der Waals surface area contributed by atoms with Gasteiger partial charge in [-0.15, -0.1) is 0 Å². The summed E-state index contributed by atoms with van der Waals surface area (Å²) in [4.78, 5) is 2.51. The van der Waals surface area contributed by atoms with Crippen LogP contribution in [0.1, 0.15) is 11.1 Å². The van der Waals surface area contributed by atoms with Gasteiger partial charge in [0.15, 0.2) is 0 Å². The number of rotatable bonds is 0. The van der Waals surface area contributed by atoms with E-state index < -0.39 is 0 Å². The molecule has 0 radical (unpaired) electrons. The molecule has 0 fully saturated rings. The van der Waals surface area contributed by atoms with E-state index in [0.717, 1.165) is 0 Å². The first kappa shape index (κ1) is 9.72. The maximum atomic E-state index is 3.56. The van der Waals surface area contributed by atoms with E-state index in [-0.39, 0.29) is 0 Å². The van der Waals surface area contributed by atoms with Gasteiger partial charge in [-0.25, -0.2) is 0 Å². The Balaban J connectivity index is 1.90. The molecule has 2 heteroatoms. The molecule has 1 atom stereocenters. The third-order valence-corrected chi connectivity index (χ3v) is 4.32. The summed E-state index contributed by atoms with van der Waals surface area (Å²) < 4.78 is 1.19. The molecule has 0 aliphatic carbocycles. The summed E-state index contributed by atoms with van der Waals surface area (Å²) in [6.07, 6.45) is 2.35. The lowest BCUT2D eigenvalue weighted by Crippen LogP contribution is -2.22. The maximum absolute atomic E-state index is 3.56. The van der Waals surface area contributed by atoms with E-state index in [1.807, 2.05) is 0 Å². The topological polar surface area (TPSA) is 3.24 Å². The van der Waals surface area contributed by atoms with E-state index in [2.05, 4.69) is 63.3 Å². The van der Waals surface area contributed by atoms with E-state index >= 15 is 0 Å². The monoisotopic (exact) mass is 285 g/mol. The van der Waals surface area contributed by atoms with E-state index in [1.54, 1.807) is 0 Å². The average molecular weight is 286 g/mol. The average Bonchev–Trinajstić information content (AvgIpc) is 2.83. The van der Waals surface area contributed by atoms with Crippen LogP contribution >= 0.6 is 15.9 Å². The van der Waals surface area contributed by atoms with Gasteiger partial charge in [-0.1, -0.05) is 34.1 Å². The van der Waals surface area contributed by atoms with Crippen molar-refractivity contribution in [3.8, 4) is 0 Å². The van der Waals surface area contributed by atoms with E-state index in [4.69, 9.17) is 0 Å². The Morgan fingerprint density at radius 2 is 1.71 bits per heavy atom. The summed E-state index contributed by atoms with van der Waals surface area (Å²) in [6.45, 7) is 0. The van der Waals surface area contributed by atoms with Crippen molar-refractivity contribution in [3.05, 3.63) is 58.1 Å². The minimum Gasteiger partial charge on any atom is -0.337 e. The highest BCUT2D eigenvalue weighted by Crippen LogP contribution is 2.46. The Morgan fingerprint density at radius 3 is 2.65 bits per heavy atom. The third-order valence-electron chi connectivity index (χ3n) is 3.83. The van der Waals surface area contributed by atoms with Crippen LogP contribution in [-0.2, 0) is 12.8 Å². The summed E-state index contributed by atoms with van der Waals surface area (Å²) in [5.74, 6) is 0. The zero-order valence-electron chi connectivity index (χ0n) is 9.36. The summed E-state index contributed by atoms with van der Waals surface area (Å²) in [7, 11) is 0. The number of benzene rings is 2. The number of para-hydroxylation sites is 1. The fourth-order valence-corrected chi connectivity index (χ4v) is 3.57. The second kappa shape index (κ2) is 3.36. The Hall–Kier alpha value is -1.28. The van der Waals surface area contributed by atoms with Crippen LogP contribution in [0.3, 0.4) is 0 Å². The van der Waals surface area contributed by atoms with Crippen LogP contribution in [0.25, 0.3) is 0 Å². The Kier molecular flexibility index (Phi) is 1.92. The minimum atomic E-state index is 0.636. The Labute approximate surface area is 109 Å². The number of halogens is 1. The first-order valence-corrected chi connectivity index (χ1v) is 6.78. The van der Waals surface area contributed by atoms with Gasteiger partial charge in [-0.3, -0.25) is 0 Å². The molecule has 0 N–H and O–H groups in total. The molecular weight excluding hydrogens is 274 g/mol. The SMILES string of the molecule is Brc1ccc2c(c1)CC1Cc3ccccc3N21. The fraction of sp³-hybridized carbons (Fsp3) is 0.200. The van der Waals surface area contributed by atoms with Crippen LogP contribution in [0.2, 0.25) is 0 Å². The number of nitrogens with zero attached hydrogens (tertiary/aromatic N) is 1. The minimum absolute atomic E-state index is 0.636. The Bertz CT molecular complexity index is 606. The van der Waals surface area contributed by atoms with Crippen LogP contribution in [0.5, 0.6) is 0 Å². The van der Waals surface area contributed by atoms with Gasteiger partial charge >= 0.3 is 0 Å². The smallest absolute Gasteiger partial charge is 0.0447 e. The number of hydrogen-bond acceptors (Lipinski definition) is 1. The van der Waals surface area contributed by atoms with Crippen molar-refractivity contribution in [2.75, 3.05) is 4.90 Å². The second-order valence-electron chi connectivity index (χ2n) is 4.83. The number of hydrogen-bond donors (Lipinski definition) is 0. The molecule has 0 spiro atoms. The molecule has 1 unspecified atom stereocenters. The summed E-state index contributed by atoms with van der Waals surface area (Å²) in [5.41, 5.74) is 5.76. The highest BCUT2D eigenvalue weighted by molar-refractivity contribution is 9.10. The van der Waals surface area contributed by atoms with Gasteiger partial charge < -0.3 is 4.90 Å². The second-order valence-corrected chi connectivity index (χ2v) is 5.75. The molecule has 0 saturated heterocycles. The van der Waals surface area contributed by atoms with E-state index in [9.17, 15) is 0 Å². The van der Waals surface area contributed by atoms with Crippen molar-refractivity contribution in [3.63, 3.8) is 0 Å². The quantitative estimate of drug-likeness (QED) is 0.705. The van der Waals surface area contributed by atoms with E-state index in [1.165, 1.54) is 39.8 Å². The van der Waals surface area contributed by atoms with Crippen LogP contribution in [0.4, 0.5) is 11.4 Å². The van der Waals surface area contributed by atoms with Crippen LogP contribution < -0.4 is 4.90 Å². The van der Waals surface area contributed by atoms with Crippen molar-refractivity contribution >= 4 is 27.3 Å². The van der Waals surface area contributed by atoms with Crippen molar-refractivity contribution < 1.29 is 0 Å². The van der Waals surface area contributed by atoms with Crippen molar-refractivity contribution in [2.45, 2.75) is 18.9 Å². The molecule has 1 nitrogen and oxygen atoms in total. The zero-order chi connectivity index (χ0) is 11.4. The van der Waals surface area contributed by atoms with Gasteiger partial charge in [0.1, 0.15) is 0 Å². The number of anilines is 2.